The summed E-state index contributed by atoms with van der Waals surface area (Å²) in [6, 6.07) is 12.2. The first-order valence-corrected chi connectivity index (χ1v) is 9.54. The molecule has 4 amide bonds. The van der Waals surface area contributed by atoms with Crippen LogP contribution < -0.4 is 10.6 Å². The lowest BCUT2D eigenvalue weighted by Gasteiger charge is -2.18. The first kappa shape index (κ1) is 21.7. The van der Waals surface area contributed by atoms with E-state index in [4.69, 9.17) is 0 Å². The number of urea groups is 1. The molecule has 0 atom stereocenters. The molecule has 2 aromatic rings. The fraction of sp³-hybridized carbons (Fsp3) is 0.227. The van der Waals surface area contributed by atoms with E-state index >= 15 is 0 Å². The zero-order chi connectivity index (χ0) is 22.8. The molecule has 0 saturated carbocycles. The number of non-ortho nitro benzene ring substituents is 1. The van der Waals surface area contributed by atoms with Crippen LogP contribution in [0, 0.1) is 10.1 Å². The number of carbonyl (C=O) groups is 3. The van der Waals surface area contributed by atoms with Gasteiger partial charge in [0, 0.05) is 17.8 Å². The molecule has 0 aliphatic carbocycles. The molecule has 2 N–H and O–H groups in total. The summed E-state index contributed by atoms with van der Waals surface area (Å²) in [6.07, 6.45) is 1.56. The van der Waals surface area contributed by atoms with Gasteiger partial charge in [-0.05, 0) is 34.8 Å². The second-order valence-corrected chi connectivity index (χ2v) is 8.10. The molecule has 1 aliphatic rings. The third-order valence-electron chi connectivity index (χ3n) is 4.71. The van der Waals surface area contributed by atoms with Crippen molar-refractivity contribution in [1.29, 1.82) is 0 Å². The molecular weight excluding hydrogens is 400 g/mol. The fourth-order valence-corrected chi connectivity index (χ4v) is 2.97. The van der Waals surface area contributed by atoms with Crippen LogP contribution in [0.4, 0.5) is 16.2 Å². The normalized spacial score (nSPS) is 15.2. The highest BCUT2D eigenvalue weighted by Gasteiger charge is 2.34. The van der Waals surface area contributed by atoms with E-state index in [2.05, 4.69) is 31.4 Å². The molecule has 0 radical (unpaired) electrons. The zero-order valence-electron chi connectivity index (χ0n) is 17.3. The number of hydrogen-bond acceptors (Lipinski definition) is 5. The molecule has 0 aromatic heterocycles. The average Bonchev–Trinajstić information content (AvgIpc) is 2.95. The van der Waals surface area contributed by atoms with Crippen LogP contribution in [0.3, 0.4) is 0 Å². The number of anilines is 1. The number of nitro benzene ring substituents is 1. The van der Waals surface area contributed by atoms with E-state index in [0.717, 1.165) is 16.0 Å². The Labute approximate surface area is 178 Å². The number of carbonyl (C=O) groups excluding carboxylic acids is 3. The van der Waals surface area contributed by atoms with Crippen molar-refractivity contribution in [3.63, 3.8) is 0 Å². The van der Waals surface area contributed by atoms with Crippen molar-refractivity contribution < 1.29 is 19.3 Å². The van der Waals surface area contributed by atoms with Crippen LogP contribution in [0.1, 0.15) is 31.9 Å². The smallest absolute Gasteiger partial charge is 0.325 e. The molecule has 2 aromatic carbocycles. The minimum atomic E-state index is -0.693. The average molecular weight is 422 g/mol. The Morgan fingerprint density at radius 2 is 1.71 bits per heavy atom. The first-order chi connectivity index (χ1) is 14.5. The Hall–Kier alpha value is -4.01. The fourth-order valence-electron chi connectivity index (χ4n) is 2.97. The van der Waals surface area contributed by atoms with Crippen molar-refractivity contribution in [3.8, 4) is 0 Å². The van der Waals surface area contributed by atoms with E-state index in [1.54, 1.807) is 6.08 Å². The summed E-state index contributed by atoms with van der Waals surface area (Å²) < 4.78 is 0. The SMILES string of the molecule is CC(C)(C)c1ccc(/C=C2\NC(=O)N(CC(=O)Nc3ccc([N+](=O)[O-])cc3)C2=O)cc1. The van der Waals surface area contributed by atoms with Gasteiger partial charge in [-0.3, -0.25) is 19.7 Å². The molecule has 1 saturated heterocycles. The number of amides is 4. The predicted octanol–water partition coefficient (Wildman–Crippen LogP) is 3.42. The monoisotopic (exact) mass is 422 g/mol. The second-order valence-electron chi connectivity index (χ2n) is 8.10. The van der Waals surface area contributed by atoms with Crippen molar-refractivity contribution >= 4 is 35.3 Å². The number of nitrogens with one attached hydrogen (secondary N) is 2. The van der Waals surface area contributed by atoms with E-state index < -0.39 is 29.3 Å². The van der Waals surface area contributed by atoms with Gasteiger partial charge in [0.05, 0.1) is 4.92 Å². The van der Waals surface area contributed by atoms with E-state index in [-0.39, 0.29) is 16.8 Å². The second kappa shape index (κ2) is 8.39. The standard InChI is InChI=1S/C22H22N4O5/c1-22(2,3)15-6-4-14(5-7-15)12-18-20(28)25(21(29)24-18)13-19(27)23-16-8-10-17(11-9-16)26(30)31/h4-12H,13H2,1-3H3,(H,23,27)(H,24,29)/b18-12-. The van der Waals surface area contributed by atoms with E-state index in [0.29, 0.717) is 5.69 Å². The van der Waals surface area contributed by atoms with E-state index in [1.807, 2.05) is 24.3 Å². The van der Waals surface area contributed by atoms with Gasteiger partial charge in [0.2, 0.25) is 5.91 Å². The van der Waals surface area contributed by atoms with Crippen LogP contribution in [0.25, 0.3) is 6.08 Å². The van der Waals surface area contributed by atoms with E-state index in [9.17, 15) is 24.5 Å². The van der Waals surface area contributed by atoms with Gasteiger partial charge >= 0.3 is 6.03 Å². The summed E-state index contributed by atoms with van der Waals surface area (Å²) in [4.78, 5) is 47.9. The molecule has 3 rings (SSSR count). The Bertz CT molecular complexity index is 1070. The summed E-state index contributed by atoms with van der Waals surface area (Å²) in [7, 11) is 0. The number of imide groups is 1. The Balaban J connectivity index is 1.66. The van der Waals surface area contributed by atoms with Gasteiger partial charge in [-0.1, -0.05) is 45.0 Å². The topological polar surface area (TPSA) is 122 Å². The minimum Gasteiger partial charge on any atom is -0.325 e. The van der Waals surface area contributed by atoms with Crippen LogP contribution in [0.5, 0.6) is 0 Å². The van der Waals surface area contributed by atoms with E-state index in [1.165, 1.54) is 24.3 Å². The summed E-state index contributed by atoms with van der Waals surface area (Å²) in [5.74, 6) is -1.21. The molecule has 0 unspecified atom stereocenters. The molecule has 1 aliphatic heterocycles. The lowest BCUT2D eigenvalue weighted by molar-refractivity contribution is -0.384. The highest BCUT2D eigenvalue weighted by atomic mass is 16.6. The highest BCUT2D eigenvalue weighted by molar-refractivity contribution is 6.15. The van der Waals surface area contributed by atoms with Gasteiger partial charge in [0.15, 0.2) is 0 Å². The first-order valence-electron chi connectivity index (χ1n) is 9.54. The molecule has 31 heavy (non-hydrogen) atoms. The van der Waals surface area contributed by atoms with Gasteiger partial charge in [0.1, 0.15) is 12.2 Å². The summed E-state index contributed by atoms with van der Waals surface area (Å²) in [5, 5.41) is 15.7. The Kier molecular flexibility index (Phi) is 5.87. The lowest BCUT2D eigenvalue weighted by atomic mass is 9.87. The zero-order valence-corrected chi connectivity index (χ0v) is 17.3. The van der Waals surface area contributed by atoms with Gasteiger partial charge in [-0.25, -0.2) is 9.69 Å². The minimum absolute atomic E-state index is 0.00308. The van der Waals surface area contributed by atoms with Crippen LogP contribution in [-0.2, 0) is 15.0 Å². The van der Waals surface area contributed by atoms with Crippen LogP contribution in [0.2, 0.25) is 0 Å². The number of hydrogen-bond donors (Lipinski definition) is 2. The van der Waals surface area contributed by atoms with Crippen LogP contribution in [-0.4, -0.2) is 34.2 Å². The van der Waals surface area contributed by atoms with Crippen molar-refractivity contribution in [1.82, 2.24) is 10.2 Å². The van der Waals surface area contributed by atoms with Gasteiger partial charge in [-0.2, -0.15) is 0 Å². The molecule has 1 heterocycles. The molecule has 9 heteroatoms. The highest BCUT2D eigenvalue weighted by Crippen LogP contribution is 2.23. The Morgan fingerprint density at radius 1 is 1.10 bits per heavy atom. The maximum absolute atomic E-state index is 12.6. The molecule has 0 bridgehead atoms. The molecule has 0 spiro atoms. The van der Waals surface area contributed by atoms with Crippen molar-refractivity contribution in [3.05, 3.63) is 75.5 Å². The van der Waals surface area contributed by atoms with Gasteiger partial charge in [0.25, 0.3) is 11.6 Å². The maximum Gasteiger partial charge on any atom is 0.329 e. The maximum atomic E-state index is 12.6. The molecule has 160 valence electrons. The number of benzene rings is 2. The quantitative estimate of drug-likeness (QED) is 0.331. The van der Waals surface area contributed by atoms with Crippen molar-refractivity contribution in [2.45, 2.75) is 26.2 Å². The largest absolute Gasteiger partial charge is 0.329 e. The van der Waals surface area contributed by atoms with Gasteiger partial charge < -0.3 is 10.6 Å². The number of nitro groups is 1. The predicted molar refractivity (Wildman–Crippen MR) is 115 cm³/mol. The Morgan fingerprint density at radius 3 is 2.26 bits per heavy atom. The van der Waals surface area contributed by atoms with Crippen LogP contribution >= 0.6 is 0 Å². The molecule has 1 fully saturated rings. The summed E-state index contributed by atoms with van der Waals surface area (Å²) in [5.41, 5.74) is 2.16. The third kappa shape index (κ3) is 5.13. The van der Waals surface area contributed by atoms with Crippen molar-refractivity contribution in [2.75, 3.05) is 11.9 Å². The molecule has 9 nitrogen and oxygen atoms in total. The lowest BCUT2D eigenvalue weighted by Crippen LogP contribution is -2.38. The molecular formula is C22H22N4O5. The van der Waals surface area contributed by atoms with Gasteiger partial charge in [-0.15, -0.1) is 0 Å². The summed E-state index contributed by atoms with van der Waals surface area (Å²) >= 11 is 0. The van der Waals surface area contributed by atoms with Crippen molar-refractivity contribution in [2.24, 2.45) is 0 Å². The van der Waals surface area contributed by atoms with Crippen LogP contribution in [0.15, 0.2) is 54.2 Å². The summed E-state index contributed by atoms with van der Waals surface area (Å²) in [6.45, 7) is 5.81. The number of nitrogens with zero attached hydrogens (tertiary/aromatic N) is 2. The third-order valence-corrected chi connectivity index (χ3v) is 4.71. The number of rotatable bonds is 5.